The van der Waals surface area contributed by atoms with Crippen molar-refractivity contribution in [1.82, 2.24) is 4.90 Å². The van der Waals surface area contributed by atoms with Gasteiger partial charge < -0.3 is 15.5 Å². The van der Waals surface area contributed by atoms with Crippen LogP contribution in [0.15, 0.2) is 24.3 Å². The Hall–Kier alpha value is -1.22. The molecule has 1 aliphatic rings. The van der Waals surface area contributed by atoms with Crippen molar-refractivity contribution < 1.29 is 0 Å². The van der Waals surface area contributed by atoms with Gasteiger partial charge in [0.1, 0.15) is 0 Å². The molecule has 0 atom stereocenters. The zero-order chi connectivity index (χ0) is 12.3. The van der Waals surface area contributed by atoms with Crippen LogP contribution in [0, 0.1) is 5.92 Å². The van der Waals surface area contributed by atoms with Crippen LogP contribution in [0.3, 0.4) is 0 Å². The fraction of sp³-hybridized carbons (Fsp3) is 0.571. The highest BCUT2D eigenvalue weighted by atomic mass is 15.1. The van der Waals surface area contributed by atoms with Gasteiger partial charge in [-0.15, -0.1) is 0 Å². The SMILES string of the molecule is CN1CCC(CN(C)c2cccc(N)c2)CC1. The van der Waals surface area contributed by atoms with Gasteiger partial charge in [0.25, 0.3) is 0 Å². The minimum Gasteiger partial charge on any atom is -0.399 e. The minimum absolute atomic E-state index is 0.817. The van der Waals surface area contributed by atoms with Gasteiger partial charge in [0, 0.05) is 25.0 Å². The number of nitrogen functional groups attached to an aromatic ring is 1. The first kappa shape index (κ1) is 12.2. The Balaban J connectivity index is 1.90. The number of hydrogen-bond donors (Lipinski definition) is 1. The van der Waals surface area contributed by atoms with E-state index in [1.807, 2.05) is 12.1 Å². The van der Waals surface area contributed by atoms with Crippen LogP contribution in [0.1, 0.15) is 12.8 Å². The maximum atomic E-state index is 5.81. The average molecular weight is 233 g/mol. The normalized spacial score (nSPS) is 18.2. The average Bonchev–Trinajstić information content (AvgIpc) is 2.32. The summed E-state index contributed by atoms with van der Waals surface area (Å²) in [7, 11) is 4.37. The molecule has 0 amide bonds. The fourth-order valence-electron chi connectivity index (χ4n) is 2.50. The van der Waals surface area contributed by atoms with Crippen molar-refractivity contribution in [3.63, 3.8) is 0 Å². The van der Waals surface area contributed by atoms with Crippen LogP contribution in [0.25, 0.3) is 0 Å². The monoisotopic (exact) mass is 233 g/mol. The first-order chi connectivity index (χ1) is 8.15. The maximum Gasteiger partial charge on any atom is 0.0384 e. The third kappa shape index (κ3) is 3.37. The molecule has 1 aromatic rings. The predicted octanol–water partition coefficient (Wildman–Crippen LogP) is 2.05. The summed E-state index contributed by atoms with van der Waals surface area (Å²) < 4.78 is 0. The lowest BCUT2D eigenvalue weighted by atomic mass is 9.96. The van der Waals surface area contributed by atoms with E-state index in [-0.39, 0.29) is 0 Å². The largest absolute Gasteiger partial charge is 0.399 e. The van der Waals surface area contributed by atoms with Crippen molar-refractivity contribution in [3.05, 3.63) is 24.3 Å². The van der Waals surface area contributed by atoms with Crippen molar-refractivity contribution in [2.24, 2.45) is 5.92 Å². The lowest BCUT2D eigenvalue weighted by molar-refractivity contribution is 0.222. The molecule has 3 nitrogen and oxygen atoms in total. The van der Waals surface area contributed by atoms with Crippen molar-refractivity contribution in [2.45, 2.75) is 12.8 Å². The van der Waals surface area contributed by atoms with Gasteiger partial charge in [0.15, 0.2) is 0 Å². The van der Waals surface area contributed by atoms with Gasteiger partial charge in [-0.25, -0.2) is 0 Å². The van der Waals surface area contributed by atoms with E-state index in [0.717, 1.165) is 18.2 Å². The smallest absolute Gasteiger partial charge is 0.0384 e. The highest BCUT2D eigenvalue weighted by Gasteiger charge is 2.18. The summed E-state index contributed by atoms with van der Waals surface area (Å²) >= 11 is 0. The van der Waals surface area contributed by atoms with Crippen LogP contribution < -0.4 is 10.6 Å². The Kier molecular flexibility index (Phi) is 3.89. The van der Waals surface area contributed by atoms with E-state index < -0.39 is 0 Å². The van der Waals surface area contributed by atoms with Crippen molar-refractivity contribution >= 4 is 11.4 Å². The van der Waals surface area contributed by atoms with Crippen LogP contribution in [0.2, 0.25) is 0 Å². The number of hydrogen-bond acceptors (Lipinski definition) is 3. The number of anilines is 2. The molecule has 1 heterocycles. The minimum atomic E-state index is 0.817. The zero-order valence-corrected chi connectivity index (χ0v) is 10.9. The van der Waals surface area contributed by atoms with E-state index in [9.17, 15) is 0 Å². The summed E-state index contributed by atoms with van der Waals surface area (Å²) in [4.78, 5) is 4.74. The van der Waals surface area contributed by atoms with Gasteiger partial charge in [0.2, 0.25) is 0 Å². The highest BCUT2D eigenvalue weighted by molar-refractivity contribution is 5.55. The number of likely N-dealkylation sites (tertiary alicyclic amines) is 1. The second kappa shape index (κ2) is 5.41. The second-order valence-corrected chi connectivity index (χ2v) is 5.22. The van der Waals surface area contributed by atoms with Gasteiger partial charge in [-0.2, -0.15) is 0 Å². The Morgan fingerprint density at radius 2 is 2.06 bits per heavy atom. The quantitative estimate of drug-likeness (QED) is 0.811. The molecular formula is C14H23N3. The molecule has 2 rings (SSSR count). The first-order valence-corrected chi connectivity index (χ1v) is 6.40. The van der Waals surface area contributed by atoms with Crippen LogP contribution in [-0.2, 0) is 0 Å². The molecular weight excluding hydrogens is 210 g/mol. The molecule has 2 N–H and O–H groups in total. The summed E-state index contributed by atoms with van der Waals surface area (Å²) in [6.07, 6.45) is 2.62. The maximum absolute atomic E-state index is 5.81. The summed E-state index contributed by atoms with van der Waals surface area (Å²) in [6.45, 7) is 3.60. The summed E-state index contributed by atoms with van der Waals surface area (Å²) in [5.74, 6) is 0.817. The van der Waals surface area contributed by atoms with Gasteiger partial charge >= 0.3 is 0 Å². The van der Waals surface area contributed by atoms with Crippen LogP contribution in [-0.4, -0.2) is 38.6 Å². The molecule has 3 heteroatoms. The van der Waals surface area contributed by atoms with Crippen molar-refractivity contribution in [3.8, 4) is 0 Å². The summed E-state index contributed by atoms with van der Waals surface area (Å²) in [5.41, 5.74) is 7.89. The predicted molar refractivity (Wildman–Crippen MR) is 74.3 cm³/mol. The topological polar surface area (TPSA) is 32.5 Å². The molecule has 1 fully saturated rings. The Bertz CT molecular complexity index is 356. The molecule has 0 bridgehead atoms. The summed E-state index contributed by atoms with van der Waals surface area (Å²) in [6, 6.07) is 8.14. The van der Waals surface area contributed by atoms with E-state index in [2.05, 4.69) is 36.0 Å². The molecule has 1 aliphatic heterocycles. The van der Waals surface area contributed by atoms with E-state index in [0.29, 0.717) is 0 Å². The van der Waals surface area contributed by atoms with Gasteiger partial charge in [-0.1, -0.05) is 6.07 Å². The standard InChI is InChI=1S/C14H23N3/c1-16-8-6-12(7-9-16)11-17(2)14-5-3-4-13(15)10-14/h3-5,10,12H,6-9,11,15H2,1-2H3. The fourth-order valence-corrected chi connectivity index (χ4v) is 2.50. The van der Waals surface area contributed by atoms with Crippen molar-refractivity contribution in [2.75, 3.05) is 44.4 Å². The van der Waals surface area contributed by atoms with Crippen LogP contribution in [0.5, 0.6) is 0 Å². The van der Waals surface area contributed by atoms with Gasteiger partial charge in [-0.3, -0.25) is 0 Å². The Morgan fingerprint density at radius 1 is 1.35 bits per heavy atom. The van der Waals surface area contributed by atoms with E-state index >= 15 is 0 Å². The lowest BCUT2D eigenvalue weighted by Crippen LogP contribution is -2.35. The Morgan fingerprint density at radius 3 is 2.71 bits per heavy atom. The number of benzene rings is 1. The molecule has 0 unspecified atom stereocenters. The summed E-state index contributed by atoms with van der Waals surface area (Å²) in [5, 5.41) is 0. The molecule has 0 spiro atoms. The number of rotatable bonds is 3. The number of nitrogens with zero attached hydrogens (tertiary/aromatic N) is 2. The lowest BCUT2D eigenvalue weighted by Gasteiger charge is -2.32. The molecule has 94 valence electrons. The van der Waals surface area contributed by atoms with E-state index in [1.54, 1.807) is 0 Å². The van der Waals surface area contributed by atoms with E-state index in [4.69, 9.17) is 5.73 Å². The van der Waals surface area contributed by atoms with Gasteiger partial charge in [0.05, 0.1) is 0 Å². The van der Waals surface area contributed by atoms with Gasteiger partial charge in [-0.05, 0) is 57.1 Å². The number of piperidine rings is 1. The first-order valence-electron chi connectivity index (χ1n) is 6.40. The molecule has 0 saturated carbocycles. The Labute approximate surface area is 104 Å². The zero-order valence-electron chi connectivity index (χ0n) is 10.9. The molecule has 17 heavy (non-hydrogen) atoms. The third-order valence-corrected chi connectivity index (χ3v) is 3.68. The highest BCUT2D eigenvalue weighted by Crippen LogP contribution is 2.21. The molecule has 0 aromatic heterocycles. The third-order valence-electron chi connectivity index (χ3n) is 3.68. The van der Waals surface area contributed by atoms with E-state index in [1.165, 1.54) is 31.6 Å². The molecule has 0 aliphatic carbocycles. The molecule has 1 saturated heterocycles. The molecule has 1 aromatic carbocycles. The number of nitrogens with two attached hydrogens (primary N) is 1. The van der Waals surface area contributed by atoms with Crippen LogP contribution in [0.4, 0.5) is 11.4 Å². The van der Waals surface area contributed by atoms with Crippen molar-refractivity contribution in [1.29, 1.82) is 0 Å². The van der Waals surface area contributed by atoms with Crippen LogP contribution >= 0.6 is 0 Å². The second-order valence-electron chi connectivity index (χ2n) is 5.22. The molecule has 0 radical (unpaired) electrons.